The maximum Gasteiger partial charge on any atom is 0.151 e. The van der Waals surface area contributed by atoms with Crippen LogP contribution in [0.4, 0.5) is 0 Å². The van der Waals surface area contributed by atoms with E-state index >= 15 is 0 Å². The van der Waals surface area contributed by atoms with Crippen molar-refractivity contribution >= 4 is 31.9 Å². The maximum atomic E-state index is 5.45. The molecule has 0 N–H and O–H groups in total. The van der Waals surface area contributed by atoms with Crippen molar-refractivity contribution in [1.29, 1.82) is 0 Å². The maximum absolute atomic E-state index is 5.45. The molecule has 1 aromatic heterocycles. The van der Waals surface area contributed by atoms with Crippen LogP contribution >= 0.6 is 31.9 Å². The number of ether oxygens (including phenoxy) is 2. The van der Waals surface area contributed by atoms with E-state index in [1.54, 1.807) is 20.4 Å². The summed E-state index contributed by atoms with van der Waals surface area (Å²) in [5, 5.41) is 0. The summed E-state index contributed by atoms with van der Waals surface area (Å²) in [6, 6.07) is 1.94. The predicted molar refractivity (Wildman–Crippen MR) is 77.1 cm³/mol. The number of aromatic nitrogens is 2. The summed E-state index contributed by atoms with van der Waals surface area (Å²) < 4.78 is 14.3. The smallest absolute Gasteiger partial charge is 0.151 e. The molecule has 18 heavy (non-hydrogen) atoms. The summed E-state index contributed by atoms with van der Waals surface area (Å²) in [6.45, 7) is 0. The zero-order valence-electron chi connectivity index (χ0n) is 10.2. The van der Waals surface area contributed by atoms with Gasteiger partial charge in [-0.1, -0.05) is 0 Å². The zero-order valence-corrected chi connectivity index (χ0v) is 13.4. The van der Waals surface area contributed by atoms with Gasteiger partial charge >= 0.3 is 0 Å². The van der Waals surface area contributed by atoms with Crippen molar-refractivity contribution in [3.8, 4) is 22.9 Å². The Labute approximate surface area is 122 Å². The standard InChI is InChI=1S/C12H12Br2N2O2/c1-16-5-4-15-12(16)7-6-8(13)11(18-3)9(14)10(7)17-2/h4-6H,1-3H3. The number of methoxy groups -OCH3 is 2. The van der Waals surface area contributed by atoms with Crippen LogP contribution in [0.25, 0.3) is 11.4 Å². The zero-order chi connectivity index (χ0) is 13.3. The average molecular weight is 376 g/mol. The minimum atomic E-state index is 0.698. The molecule has 1 aromatic carbocycles. The van der Waals surface area contributed by atoms with Crippen LogP contribution in [-0.2, 0) is 7.05 Å². The molecular weight excluding hydrogens is 364 g/mol. The minimum Gasteiger partial charge on any atom is -0.495 e. The highest BCUT2D eigenvalue weighted by Crippen LogP contribution is 2.45. The molecule has 4 nitrogen and oxygen atoms in total. The van der Waals surface area contributed by atoms with Crippen LogP contribution in [0.1, 0.15) is 0 Å². The Kier molecular flexibility index (Phi) is 3.97. The topological polar surface area (TPSA) is 36.3 Å². The first-order valence-corrected chi connectivity index (χ1v) is 6.76. The first kappa shape index (κ1) is 13.4. The summed E-state index contributed by atoms with van der Waals surface area (Å²) in [7, 11) is 5.18. The van der Waals surface area contributed by atoms with Crippen LogP contribution in [0.15, 0.2) is 27.4 Å². The van der Waals surface area contributed by atoms with E-state index in [2.05, 4.69) is 36.8 Å². The van der Waals surface area contributed by atoms with E-state index in [1.165, 1.54) is 0 Å². The Balaban J connectivity index is 2.72. The third-order valence-electron chi connectivity index (χ3n) is 2.60. The van der Waals surface area contributed by atoms with Crippen LogP contribution in [0.5, 0.6) is 11.5 Å². The molecule has 6 heteroatoms. The number of aryl methyl sites for hydroxylation is 1. The molecule has 1 heterocycles. The van der Waals surface area contributed by atoms with Gasteiger partial charge in [-0.2, -0.15) is 0 Å². The molecule has 0 radical (unpaired) electrons. The number of rotatable bonds is 3. The lowest BCUT2D eigenvalue weighted by Gasteiger charge is -2.15. The van der Waals surface area contributed by atoms with Crippen molar-refractivity contribution in [2.24, 2.45) is 7.05 Å². The predicted octanol–water partition coefficient (Wildman–Crippen LogP) is 3.63. The van der Waals surface area contributed by atoms with Gasteiger partial charge in [0.1, 0.15) is 16.0 Å². The lowest BCUT2D eigenvalue weighted by atomic mass is 10.1. The van der Waals surface area contributed by atoms with Crippen LogP contribution in [0, 0.1) is 0 Å². The van der Waals surface area contributed by atoms with E-state index < -0.39 is 0 Å². The second kappa shape index (κ2) is 5.32. The number of hydrogen-bond donors (Lipinski definition) is 0. The van der Waals surface area contributed by atoms with Crippen LogP contribution in [-0.4, -0.2) is 23.8 Å². The van der Waals surface area contributed by atoms with Gasteiger partial charge < -0.3 is 14.0 Å². The largest absolute Gasteiger partial charge is 0.495 e. The van der Waals surface area contributed by atoms with Gasteiger partial charge in [0.2, 0.25) is 0 Å². The molecule has 0 unspecified atom stereocenters. The summed E-state index contributed by atoms with van der Waals surface area (Å²) in [5.74, 6) is 2.23. The molecule has 0 saturated heterocycles. The lowest BCUT2D eigenvalue weighted by Crippen LogP contribution is -1.98. The van der Waals surface area contributed by atoms with Crippen molar-refractivity contribution in [2.75, 3.05) is 14.2 Å². The van der Waals surface area contributed by atoms with Crippen molar-refractivity contribution < 1.29 is 9.47 Å². The van der Waals surface area contributed by atoms with E-state index in [0.29, 0.717) is 11.5 Å². The first-order chi connectivity index (χ1) is 8.60. The lowest BCUT2D eigenvalue weighted by molar-refractivity contribution is 0.388. The van der Waals surface area contributed by atoms with Gasteiger partial charge in [-0.05, 0) is 37.9 Å². The number of nitrogens with zero attached hydrogens (tertiary/aromatic N) is 2. The van der Waals surface area contributed by atoms with E-state index in [4.69, 9.17) is 9.47 Å². The Morgan fingerprint density at radius 1 is 1.17 bits per heavy atom. The van der Waals surface area contributed by atoms with Crippen LogP contribution in [0.3, 0.4) is 0 Å². The molecule has 0 aliphatic heterocycles. The normalized spacial score (nSPS) is 10.5. The summed E-state index contributed by atoms with van der Waals surface area (Å²) in [6.07, 6.45) is 3.64. The molecule has 96 valence electrons. The van der Waals surface area contributed by atoms with Crippen molar-refractivity contribution in [3.05, 3.63) is 27.4 Å². The summed E-state index contributed by atoms with van der Waals surface area (Å²) in [4.78, 5) is 4.33. The number of benzene rings is 1. The number of hydrogen-bond acceptors (Lipinski definition) is 3. The van der Waals surface area contributed by atoms with Gasteiger partial charge in [0, 0.05) is 19.4 Å². The van der Waals surface area contributed by atoms with Crippen LogP contribution in [0.2, 0.25) is 0 Å². The third kappa shape index (κ3) is 2.14. The Morgan fingerprint density at radius 2 is 1.83 bits per heavy atom. The third-order valence-corrected chi connectivity index (χ3v) is 3.91. The fourth-order valence-electron chi connectivity index (χ4n) is 1.76. The molecular formula is C12H12Br2N2O2. The second-order valence-corrected chi connectivity index (χ2v) is 5.30. The monoisotopic (exact) mass is 374 g/mol. The van der Waals surface area contributed by atoms with E-state index in [-0.39, 0.29) is 0 Å². The van der Waals surface area contributed by atoms with Crippen LogP contribution < -0.4 is 9.47 Å². The van der Waals surface area contributed by atoms with Crippen molar-refractivity contribution in [1.82, 2.24) is 9.55 Å². The SMILES string of the molecule is COc1c(Br)cc(-c2nccn2C)c(OC)c1Br. The van der Waals surface area contributed by atoms with Gasteiger partial charge in [0.15, 0.2) is 5.75 Å². The first-order valence-electron chi connectivity index (χ1n) is 5.17. The molecule has 0 aliphatic carbocycles. The highest BCUT2D eigenvalue weighted by Gasteiger charge is 2.19. The fourth-order valence-corrected chi connectivity index (χ4v) is 3.37. The quantitative estimate of drug-likeness (QED) is 0.821. The number of imidazole rings is 1. The van der Waals surface area contributed by atoms with E-state index in [1.807, 2.05) is 23.9 Å². The fraction of sp³-hybridized carbons (Fsp3) is 0.250. The van der Waals surface area contributed by atoms with E-state index in [0.717, 1.165) is 20.3 Å². The number of halogens is 2. The summed E-state index contributed by atoms with van der Waals surface area (Å²) in [5.41, 5.74) is 0.893. The summed E-state index contributed by atoms with van der Waals surface area (Å²) >= 11 is 6.98. The van der Waals surface area contributed by atoms with Gasteiger partial charge in [-0.3, -0.25) is 0 Å². The van der Waals surface area contributed by atoms with Crippen molar-refractivity contribution in [3.63, 3.8) is 0 Å². The molecule has 0 spiro atoms. The highest BCUT2D eigenvalue weighted by atomic mass is 79.9. The highest BCUT2D eigenvalue weighted by molar-refractivity contribution is 9.11. The molecule has 0 atom stereocenters. The van der Waals surface area contributed by atoms with Gasteiger partial charge in [0.05, 0.1) is 24.3 Å². The van der Waals surface area contributed by atoms with Gasteiger partial charge in [-0.15, -0.1) is 0 Å². The molecule has 2 rings (SSSR count). The Morgan fingerprint density at radius 3 is 2.33 bits per heavy atom. The molecule has 2 aromatic rings. The van der Waals surface area contributed by atoms with Gasteiger partial charge in [-0.25, -0.2) is 4.98 Å². The molecule has 0 fully saturated rings. The Bertz CT molecular complexity index is 582. The van der Waals surface area contributed by atoms with Gasteiger partial charge in [0.25, 0.3) is 0 Å². The van der Waals surface area contributed by atoms with E-state index in [9.17, 15) is 0 Å². The molecule has 0 aliphatic rings. The Hall–Kier alpha value is -1.01. The van der Waals surface area contributed by atoms with Crippen molar-refractivity contribution in [2.45, 2.75) is 0 Å². The minimum absolute atomic E-state index is 0.698. The molecule has 0 saturated carbocycles. The molecule has 0 bridgehead atoms. The average Bonchev–Trinajstić information content (AvgIpc) is 2.75. The second-order valence-electron chi connectivity index (χ2n) is 3.65. The molecule has 0 amide bonds.